The SMILES string of the molecule is CC[C@@H](C)Sc1nc(-c2cccc(OC)c2)nc2c1c(=O)n(C)c(=O)n2C. The zero-order chi connectivity index (χ0) is 19.7. The molecule has 0 fully saturated rings. The second-order valence-corrected chi connectivity index (χ2v) is 7.75. The molecule has 0 aliphatic carbocycles. The van der Waals surface area contributed by atoms with Crippen LogP contribution in [0.15, 0.2) is 38.9 Å². The van der Waals surface area contributed by atoms with Crippen LogP contribution in [-0.2, 0) is 14.1 Å². The number of thioether (sulfide) groups is 1. The van der Waals surface area contributed by atoms with Gasteiger partial charge < -0.3 is 4.74 Å². The number of hydrogen-bond acceptors (Lipinski definition) is 6. The molecular formula is C19H22N4O3S. The molecule has 3 aromatic rings. The van der Waals surface area contributed by atoms with E-state index in [-0.39, 0.29) is 10.8 Å². The molecule has 7 nitrogen and oxygen atoms in total. The van der Waals surface area contributed by atoms with E-state index in [9.17, 15) is 9.59 Å². The molecular weight excluding hydrogens is 364 g/mol. The van der Waals surface area contributed by atoms with Crippen molar-refractivity contribution < 1.29 is 4.74 Å². The highest BCUT2D eigenvalue weighted by Gasteiger charge is 2.19. The number of nitrogens with zero attached hydrogens (tertiary/aromatic N) is 4. The van der Waals surface area contributed by atoms with Gasteiger partial charge in [-0.2, -0.15) is 0 Å². The molecule has 27 heavy (non-hydrogen) atoms. The summed E-state index contributed by atoms with van der Waals surface area (Å²) in [5.74, 6) is 1.14. The fourth-order valence-electron chi connectivity index (χ4n) is 2.68. The standard InChI is InChI=1S/C19H22N4O3S/c1-6-11(2)27-17-14-16(22(3)19(25)23(4)18(14)24)20-15(21-17)12-8-7-9-13(10-12)26-5/h7-11H,6H2,1-5H3/t11-/m1/s1. The molecule has 0 bridgehead atoms. The molecule has 1 aromatic carbocycles. The minimum absolute atomic E-state index is 0.267. The highest BCUT2D eigenvalue weighted by molar-refractivity contribution is 8.00. The summed E-state index contributed by atoms with van der Waals surface area (Å²) in [6, 6.07) is 7.40. The highest BCUT2D eigenvalue weighted by atomic mass is 32.2. The zero-order valence-electron chi connectivity index (χ0n) is 16.0. The third-order valence-electron chi connectivity index (χ3n) is 4.48. The molecule has 0 N–H and O–H groups in total. The molecule has 0 spiro atoms. The van der Waals surface area contributed by atoms with Crippen LogP contribution in [0.5, 0.6) is 5.75 Å². The molecule has 8 heteroatoms. The van der Waals surface area contributed by atoms with Crippen molar-refractivity contribution in [1.82, 2.24) is 19.1 Å². The number of aryl methyl sites for hydroxylation is 1. The Bertz CT molecular complexity index is 1120. The van der Waals surface area contributed by atoms with Crippen LogP contribution in [-0.4, -0.2) is 31.5 Å². The summed E-state index contributed by atoms with van der Waals surface area (Å²) in [6.45, 7) is 4.16. The van der Waals surface area contributed by atoms with Crippen LogP contribution in [0, 0.1) is 0 Å². The maximum atomic E-state index is 12.8. The topological polar surface area (TPSA) is 79.0 Å². The van der Waals surface area contributed by atoms with Gasteiger partial charge in [0.15, 0.2) is 11.5 Å². The number of benzene rings is 1. The van der Waals surface area contributed by atoms with E-state index in [1.807, 2.05) is 24.3 Å². The van der Waals surface area contributed by atoms with Crippen molar-refractivity contribution in [2.75, 3.05) is 7.11 Å². The second-order valence-electron chi connectivity index (χ2n) is 6.33. The Kier molecular flexibility index (Phi) is 5.36. The molecule has 3 rings (SSSR count). The van der Waals surface area contributed by atoms with Gasteiger partial charge >= 0.3 is 5.69 Å². The van der Waals surface area contributed by atoms with Crippen molar-refractivity contribution in [3.63, 3.8) is 0 Å². The maximum Gasteiger partial charge on any atom is 0.332 e. The van der Waals surface area contributed by atoms with Gasteiger partial charge in [-0.1, -0.05) is 26.0 Å². The van der Waals surface area contributed by atoms with Crippen LogP contribution in [0.2, 0.25) is 0 Å². The first kappa shape index (κ1) is 19.2. The van der Waals surface area contributed by atoms with Gasteiger partial charge in [0.25, 0.3) is 5.56 Å². The Labute approximate surface area is 161 Å². The minimum Gasteiger partial charge on any atom is -0.497 e. The monoisotopic (exact) mass is 386 g/mol. The van der Waals surface area contributed by atoms with Gasteiger partial charge in [0.2, 0.25) is 0 Å². The van der Waals surface area contributed by atoms with Gasteiger partial charge in [0, 0.05) is 24.9 Å². The van der Waals surface area contributed by atoms with E-state index in [0.717, 1.165) is 16.6 Å². The van der Waals surface area contributed by atoms with Crippen LogP contribution in [0.25, 0.3) is 22.4 Å². The number of fused-ring (bicyclic) bond motifs is 1. The average Bonchev–Trinajstić information content (AvgIpc) is 2.69. The van der Waals surface area contributed by atoms with Crippen LogP contribution < -0.4 is 16.0 Å². The first-order chi connectivity index (χ1) is 12.9. The van der Waals surface area contributed by atoms with Gasteiger partial charge in [0.1, 0.15) is 16.2 Å². The minimum atomic E-state index is -0.415. The van der Waals surface area contributed by atoms with E-state index in [2.05, 4.69) is 23.8 Å². The van der Waals surface area contributed by atoms with E-state index in [1.54, 1.807) is 14.2 Å². The van der Waals surface area contributed by atoms with Crippen molar-refractivity contribution >= 4 is 22.8 Å². The molecule has 0 unspecified atom stereocenters. The van der Waals surface area contributed by atoms with Gasteiger partial charge in [-0.15, -0.1) is 11.8 Å². The molecule has 0 saturated carbocycles. The lowest BCUT2D eigenvalue weighted by molar-refractivity contribution is 0.415. The summed E-state index contributed by atoms with van der Waals surface area (Å²) in [7, 11) is 4.68. The second kappa shape index (κ2) is 7.56. The lowest BCUT2D eigenvalue weighted by Gasteiger charge is -2.14. The predicted molar refractivity (Wildman–Crippen MR) is 108 cm³/mol. The Morgan fingerprint density at radius 2 is 1.93 bits per heavy atom. The van der Waals surface area contributed by atoms with E-state index in [1.165, 1.54) is 23.4 Å². The zero-order valence-corrected chi connectivity index (χ0v) is 16.8. The summed E-state index contributed by atoms with van der Waals surface area (Å²) in [5, 5.41) is 1.23. The Hall–Kier alpha value is -2.61. The number of aromatic nitrogens is 4. The Morgan fingerprint density at radius 3 is 2.59 bits per heavy atom. The van der Waals surface area contributed by atoms with Crippen LogP contribution in [0.1, 0.15) is 20.3 Å². The molecule has 0 amide bonds. The van der Waals surface area contributed by atoms with Crippen molar-refractivity contribution in [1.29, 1.82) is 0 Å². The molecule has 0 saturated heterocycles. The maximum absolute atomic E-state index is 12.8. The van der Waals surface area contributed by atoms with Crippen LogP contribution >= 0.6 is 11.8 Å². The molecule has 1 atom stereocenters. The van der Waals surface area contributed by atoms with Crippen molar-refractivity contribution in [3.05, 3.63) is 45.1 Å². The van der Waals surface area contributed by atoms with Crippen LogP contribution in [0.3, 0.4) is 0 Å². The number of hydrogen-bond donors (Lipinski definition) is 0. The first-order valence-corrected chi connectivity index (χ1v) is 9.54. The van der Waals surface area contributed by atoms with E-state index in [4.69, 9.17) is 4.74 Å². The lowest BCUT2D eigenvalue weighted by Crippen LogP contribution is -2.37. The quantitative estimate of drug-likeness (QED) is 0.495. The molecule has 2 aromatic heterocycles. The smallest absolute Gasteiger partial charge is 0.332 e. The van der Waals surface area contributed by atoms with Gasteiger partial charge in [-0.3, -0.25) is 13.9 Å². The van der Waals surface area contributed by atoms with Gasteiger partial charge in [-0.05, 0) is 18.6 Å². The molecule has 0 aliphatic heterocycles. The molecule has 0 radical (unpaired) electrons. The fraction of sp³-hybridized carbons (Fsp3) is 0.368. The summed E-state index contributed by atoms with van der Waals surface area (Å²) < 4.78 is 7.77. The normalized spacial score (nSPS) is 12.3. The van der Waals surface area contributed by atoms with E-state index in [0.29, 0.717) is 27.6 Å². The highest BCUT2D eigenvalue weighted by Crippen LogP contribution is 2.30. The number of methoxy groups -OCH3 is 1. The summed E-state index contributed by atoms with van der Waals surface area (Å²) in [6.07, 6.45) is 0.927. The average molecular weight is 386 g/mol. The van der Waals surface area contributed by atoms with Crippen molar-refractivity contribution in [2.45, 2.75) is 30.5 Å². The summed E-state index contributed by atoms with van der Waals surface area (Å²) >= 11 is 1.52. The number of ether oxygens (including phenoxy) is 1. The van der Waals surface area contributed by atoms with E-state index < -0.39 is 5.69 Å². The lowest BCUT2D eigenvalue weighted by atomic mass is 10.2. The molecule has 0 aliphatic rings. The van der Waals surface area contributed by atoms with E-state index >= 15 is 0 Å². The predicted octanol–water partition coefficient (Wildman–Crippen LogP) is 2.59. The third-order valence-corrected chi connectivity index (χ3v) is 5.74. The summed E-state index contributed by atoms with van der Waals surface area (Å²) in [4.78, 5) is 34.4. The summed E-state index contributed by atoms with van der Waals surface area (Å²) in [5.41, 5.74) is 0.301. The largest absolute Gasteiger partial charge is 0.497 e. The fourth-order valence-corrected chi connectivity index (χ4v) is 3.66. The molecule has 142 valence electrons. The van der Waals surface area contributed by atoms with Crippen molar-refractivity contribution in [2.24, 2.45) is 14.1 Å². The third kappa shape index (κ3) is 3.49. The Morgan fingerprint density at radius 1 is 1.19 bits per heavy atom. The van der Waals surface area contributed by atoms with Gasteiger partial charge in [-0.25, -0.2) is 14.8 Å². The van der Waals surface area contributed by atoms with Crippen molar-refractivity contribution in [3.8, 4) is 17.1 Å². The Balaban J connectivity index is 2.37. The molecule has 2 heterocycles. The van der Waals surface area contributed by atoms with Gasteiger partial charge in [0.05, 0.1) is 7.11 Å². The first-order valence-electron chi connectivity index (χ1n) is 8.66. The number of rotatable bonds is 5. The van der Waals surface area contributed by atoms with Crippen LogP contribution in [0.4, 0.5) is 0 Å².